The van der Waals surface area contributed by atoms with Crippen molar-refractivity contribution in [3.63, 3.8) is 0 Å². The third kappa shape index (κ3) is 61.8. The molecule has 5 nitrogen and oxygen atoms in total. The van der Waals surface area contributed by atoms with Crippen molar-refractivity contribution in [2.45, 2.75) is 251 Å². The Hall–Kier alpha value is -4.74. The van der Waals surface area contributed by atoms with E-state index in [-0.39, 0.29) is 25.2 Å². The average molecular weight is 1050 g/mol. The van der Waals surface area contributed by atoms with Crippen LogP contribution in [0.5, 0.6) is 0 Å². The minimum Gasteiger partial charge on any atom is -0.462 e. The Bertz CT molecular complexity index is 1700. The van der Waals surface area contributed by atoms with Gasteiger partial charge in [-0.15, -0.1) is 0 Å². The summed E-state index contributed by atoms with van der Waals surface area (Å²) in [6.45, 7) is 3.89. The van der Waals surface area contributed by atoms with E-state index in [0.717, 1.165) is 135 Å². The predicted molar refractivity (Wildman–Crippen MR) is 333 cm³/mol. The molecule has 0 saturated carbocycles. The van der Waals surface area contributed by atoms with Gasteiger partial charge in [0.05, 0.1) is 6.61 Å². The molecule has 5 heteroatoms. The number of allylic oxidation sites excluding steroid dienone is 28. The maximum absolute atomic E-state index is 12.3. The lowest BCUT2D eigenvalue weighted by atomic mass is 10.0. The number of unbranched alkanes of at least 4 members (excludes halogenated alkanes) is 18. The first-order chi connectivity index (χ1) is 37.6. The van der Waals surface area contributed by atoms with Crippen LogP contribution >= 0.6 is 0 Å². The molecule has 0 aliphatic heterocycles. The number of aliphatic hydroxyl groups excluding tert-OH is 1. The van der Waals surface area contributed by atoms with Crippen LogP contribution < -0.4 is 0 Å². The summed E-state index contributed by atoms with van der Waals surface area (Å²) in [4.78, 5) is 24.6. The topological polar surface area (TPSA) is 72.8 Å². The zero-order valence-corrected chi connectivity index (χ0v) is 48.7. The van der Waals surface area contributed by atoms with Gasteiger partial charge in [-0.1, -0.05) is 274 Å². The van der Waals surface area contributed by atoms with Crippen LogP contribution in [-0.2, 0) is 19.1 Å². The molecule has 0 rings (SSSR count). The molecule has 0 aliphatic rings. The molecule has 0 fully saturated rings. The molecule has 1 atom stereocenters. The number of carbonyl (C=O) groups excluding carboxylic acids is 2. The van der Waals surface area contributed by atoms with Crippen LogP contribution in [0.4, 0.5) is 0 Å². The van der Waals surface area contributed by atoms with Gasteiger partial charge in [0.15, 0.2) is 6.10 Å². The highest BCUT2D eigenvalue weighted by atomic mass is 16.6. The lowest BCUT2D eigenvalue weighted by Gasteiger charge is -2.15. The van der Waals surface area contributed by atoms with E-state index in [1.54, 1.807) is 0 Å². The molecule has 426 valence electrons. The maximum atomic E-state index is 12.3. The fraction of sp³-hybridized carbons (Fsp3) is 0.577. The van der Waals surface area contributed by atoms with Crippen LogP contribution in [0, 0.1) is 0 Å². The summed E-state index contributed by atoms with van der Waals surface area (Å²) in [6, 6.07) is 0. The van der Waals surface area contributed by atoms with Crippen molar-refractivity contribution in [1.29, 1.82) is 0 Å². The van der Waals surface area contributed by atoms with E-state index in [2.05, 4.69) is 184 Å². The molecule has 0 heterocycles. The lowest BCUT2D eigenvalue weighted by molar-refractivity contribution is -0.161. The molecule has 0 radical (unpaired) electrons. The van der Waals surface area contributed by atoms with Crippen LogP contribution in [0.1, 0.15) is 245 Å². The van der Waals surface area contributed by atoms with Gasteiger partial charge in [-0.2, -0.15) is 0 Å². The minimum absolute atomic E-state index is 0.0846. The van der Waals surface area contributed by atoms with Gasteiger partial charge in [0.25, 0.3) is 0 Å². The second kappa shape index (κ2) is 64.5. The third-order valence-corrected chi connectivity index (χ3v) is 12.5. The highest BCUT2D eigenvalue weighted by Crippen LogP contribution is 2.15. The molecule has 1 N–H and O–H groups in total. The number of carbonyl (C=O) groups is 2. The Morgan fingerprint density at radius 1 is 0.303 bits per heavy atom. The van der Waals surface area contributed by atoms with Crippen molar-refractivity contribution in [3.05, 3.63) is 170 Å². The summed E-state index contributed by atoms with van der Waals surface area (Å²) in [6.07, 6.45) is 100. The fourth-order valence-corrected chi connectivity index (χ4v) is 7.99. The summed E-state index contributed by atoms with van der Waals surface area (Å²) >= 11 is 0. The number of ether oxygens (including phenoxy) is 2. The largest absolute Gasteiger partial charge is 0.462 e. The second-order valence-electron chi connectivity index (χ2n) is 19.7. The monoisotopic (exact) mass is 1040 g/mol. The number of rotatable bonds is 54. The van der Waals surface area contributed by atoms with Crippen LogP contribution in [0.2, 0.25) is 0 Å². The smallest absolute Gasteiger partial charge is 0.306 e. The van der Waals surface area contributed by atoms with E-state index < -0.39 is 6.10 Å². The number of hydrogen-bond acceptors (Lipinski definition) is 5. The summed E-state index contributed by atoms with van der Waals surface area (Å²) in [7, 11) is 0. The van der Waals surface area contributed by atoms with Crippen molar-refractivity contribution in [1.82, 2.24) is 0 Å². The summed E-state index contributed by atoms with van der Waals surface area (Å²) < 4.78 is 10.7. The number of esters is 2. The summed E-state index contributed by atoms with van der Waals surface area (Å²) in [5.74, 6) is -0.619. The van der Waals surface area contributed by atoms with Crippen LogP contribution in [0.15, 0.2) is 170 Å². The highest BCUT2D eigenvalue weighted by Gasteiger charge is 2.16. The van der Waals surface area contributed by atoms with Crippen molar-refractivity contribution < 1.29 is 24.2 Å². The van der Waals surface area contributed by atoms with Gasteiger partial charge in [0.2, 0.25) is 0 Å². The molecular formula is C71H112O5. The average Bonchev–Trinajstić information content (AvgIpc) is 3.42. The molecule has 1 unspecified atom stereocenters. The van der Waals surface area contributed by atoms with Crippen molar-refractivity contribution >= 4 is 11.9 Å². The van der Waals surface area contributed by atoms with Gasteiger partial charge in [0, 0.05) is 12.8 Å². The molecule has 76 heavy (non-hydrogen) atoms. The fourth-order valence-electron chi connectivity index (χ4n) is 7.99. The van der Waals surface area contributed by atoms with Gasteiger partial charge in [-0.3, -0.25) is 9.59 Å². The van der Waals surface area contributed by atoms with Gasteiger partial charge in [-0.25, -0.2) is 0 Å². The molecule has 0 bridgehead atoms. The first kappa shape index (κ1) is 71.3. The van der Waals surface area contributed by atoms with Gasteiger partial charge >= 0.3 is 11.9 Å². The number of hydrogen-bond donors (Lipinski definition) is 1. The van der Waals surface area contributed by atoms with E-state index in [1.807, 2.05) is 0 Å². The molecule has 0 aromatic rings. The molecular weight excluding hydrogens is 933 g/mol. The lowest BCUT2D eigenvalue weighted by Crippen LogP contribution is -2.28. The maximum Gasteiger partial charge on any atom is 0.306 e. The van der Waals surface area contributed by atoms with Gasteiger partial charge in [0.1, 0.15) is 6.61 Å². The summed E-state index contributed by atoms with van der Waals surface area (Å²) in [5.41, 5.74) is 0. The zero-order chi connectivity index (χ0) is 54.8. The van der Waals surface area contributed by atoms with E-state index >= 15 is 0 Å². The summed E-state index contributed by atoms with van der Waals surface area (Å²) in [5, 5.41) is 9.67. The molecule has 0 aromatic carbocycles. The second-order valence-corrected chi connectivity index (χ2v) is 19.7. The molecule has 0 aromatic heterocycles. The van der Waals surface area contributed by atoms with Crippen molar-refractivity contribution in [2.24, 2.45) is 0 Å². The molecule has 0 aliphatic carbocycles. The zero-order valence-electron chi connectivity index (χ0n) is 48.7. The van der Waals surface area contributed by atoms with E-state index in [9.17, 15) is 14.7 Å². The van der Waals surface area contributed by atoms with Crippen LogP contribution in [0.25, 0.3) is 0 Å². The van der Waals surface area contributed by atoms with Gasteiger partial charge < -0.3 is 14.6 Å². The Kier molecular flexibility index (Phi) is 60.5. The van der Waals surface area contributed by atoms with Crippen LogP contribution in [-0.4, -0.2) is 36.4 Å². The van der Waals surface area contributed by atoms with Crippen LogP contribution in [0.3, 0.4) is 0 Å². The van der Waals surface area contributed by atoms with E-state index in [4.69, 9.17) is 9.47 Å². The molecule has 0 spiro atoms. The predicted octanol–water partition coefficient (Wildman–Crippen LogP) is 21.3. The van der Waals surface area contributed by atoms with Crippen molar-refractivity contribution in [3.8, 4) is 0 Å². The highest BCUT2D eigenvalue weighted by molar-refractivity contribution is 5.70. The molecule has 0 saturated heterocycles. The SMILES string of the molecule is CC/C=C\C/C=C\C/C=C\C/C=C\C/C=C\C/C=C\C/C=C\C/C=C\CCCCCCCCCCCCCCC(=O)OC(CO)COC(=O)CCCCCCCC/C=C\C/C=C\C/C=C\C/C=C\C/C=C\C/C=C\CC. The van der Waals surface area contributed by atoms with Gasteiger partial charge in [-0.05, 0) is 128 Å². The quantitative estimate of drug-likeness (QED) is 0.0373. The Morgan fingerprint density at radius 3 is 0.789 bits per heavy atom. The normalized spacial score (nSPS) is 13.5. The Labute approximate surface area is 468 Å². The minimum atomic E-state index is -0.793. The Morgan fingerprint density at radius 2 is 0.526 bits per heavy atom. The molecule has 0 amide bonds. The first-order valence-corrected chi connectivity index (χ1v) is 30.7. The van der Waals surface area contributed by atoms with E-state index in [1.165, 1.54) is 83.5 Å². The van der Waals surface area contributed by atoms with Crippen molar-refractivity contribution in [2.75, 3.05) is 13.2 Å². The third-order valence-electron chi connectivity index (χ3n) is 12.5. The van der Waals surface area contributed by atoms with E-state index in [0.29, 0.717) is 12.8 Å². The number of aliphatic hydroxyl groups is 1. The Balaban J connectivity index is 3.59. The standard InChI is InChI=1S/C71H112O5/c1-3-5-7-9-11-13-15-17-19-21-23-25-27-29-30-31-32-33-34-35-36-37-38-39-40-42-44-46-48-50-52-54-56-58-60-62-64-66-71(74)76-69(67-72)68-75-70(73)65-63-61-59-57-55-53-51-49-47-45-43-41-28-26-24-22-20-18-16-14-12-10-8-6-4-2/h5-8,11-14,17-20,23-26,29-30,32-33,35-36,38-39,41,43,47,49,69,72H,3-4,9-10,15-16,21-22,27-28,31,34,37,40,42,44-46,48,50-68H2,1-2H3/b7-5-,8-6-,13-11-,14-12-,19-17-,20-18-,25-23-,26-24-,30-29-,33-32-,36-35-,39-38-,43-41-,49-47-. The first-order valence-electron chi connectivity index (χ1n) is 30.7.